The highest BCUT2D eigenvalue weighted by Gasteiger charge is 2.28. The minimum absolute atomic E-state index is 0.285. The minimum atomic E-state index is -0.306. The summed E-state index contributed by atoms with van der Waals surface area (Å²) in [5.74, 6) is -0.0212. The Morgan fingerprint density at radius 1 is 1.44 bits per heavy atom. The van der Waals surface area contributed by atoms with Gasteiger partial charge in [0.05, 0.1) is 29.5 Å². The van der Waals surface area contributed by atoms with Crippen molar-refractivity contribution in [1.29, 1.82) is 0 Å². The van der Waals surface area contributed by atoms with Gasteiger partial charge in [-0.3, -0.25) is 9.88 Å². The van der Waals surface area contributed by atoms with E-state index in [0.717, 1.165) is 41.7 Å². The number of aliphatic hydroxyl groups is 1. The molecule has 2 heterocycles. The molecule has 1 aliphatic rings. The fourth-order valence-electron chi connectivity index (χ4n) is 3.64. The molecule has 2 atom stereocenters. The Kier molecular flexibility index (Phi) is 5.35. The lowest BCUT2D eigenvalue weighted by atomic mass is 10.0. The summed E-state index contributed by atoms with van der Waals surface area (Å²) in [5.41, 5.74) is 3.17. The highest BCUT2D eigenvalue weighted by atomic mass is 16.5. The molecule has 0 amide bonds. The van der Waals surface area contributed by atoms with Crippen molar-refractivity contribution in [3.8, 4) is 0 Å². The molecule has 0 spiro atoms. The summed E-state index contributed by atoms with van der Waals surface area (Å²) in [4.78, 5) is 19.6. The van der Waals surface area contributed by atoms with E-state index in [1.165, 1.54) is 0 Å². The lowest BCUT2D eigenvalue weighted by molar-refractivity contribution is 0.0522. The summed E-state index contributed by atoms with van der Waals surface area (Å²) in [5, 5.41) is 10.8. The van der Waals surface area contributed by atoms with Crippen molar-refractivity contribution in [2.45, 2.75) is 39.8 Å². The minimum Gasteiger partial charge on any atom is -0.462 e. The van der Waals surface area contributed by atoms with Crippen molar-refractivity contribution >= 4 is 16.9 Å². The number of carbonyl (C=O) groups excluding carboxylic acids is 1. The molecule has 1 N–H and O–H groups in total. The molecule has 25 heavy (non-hydrogen) atoms. The van der Waals surface area contributed by atoms with Gasteiger partial charge in [-0.2, -0.15) is 0 Å². The third-order valence-corrected chi connectivity index (χ3v) is 5.07. The molecular weight excluding hydrogens is 316 g/mol. The first-order chi connectivity index (χ1) is 12.0. The lowest BCUT2D eigenvalue weighted by Crippen LogP contribution is -2.26. The van der Waals surface area contributed by atoms with Gasteiger partial charge in [0.1, 0.15) is 0 Å². The molecule has 1 fully saturated rings. The number of aromatic nitrogens is 1. The fourth-order valence-corrected chi connectivity index (χ4v) is 3.64. The summed E-state index contributed by atoms with van der Waals surface area (Å²) in [7, 11) is 0. The van der Waals surface area contributed by atoms with Crippen molar-refractivity contribution in [3.63, 3.8) is 0 Å². The average molecular weight is 342 g/mol. The molecule has 0 radical (unpaired) electrons. The Balaban J connectivity index is 1.98. The molecule has 2 aromatic rings. The van der Waals surface area contributed by atoms with E-state index in [4.69, 9.17) is 9.72 Å². The predicted octanol–water partition coefficient (Wildman–Crippen LogP) is 2.92. The van der Waals surface area contributed by atoms with Crippen LogP contribution in [0.25, 0.3) is 10.9 Å². The SMILES string of the molecule is CCOC(=O)c1c(CN2CCC(C(C)O)C2)nc2ccccc2c1C. The van der Waals surface area contributed by atoms with Gasteiger partial charge in [-0.15, -0.1) is 0 Å². The summed E-state index contributed by atoms with van der Waals surface area (Å²) >= 11 is 0. The van der Waals surface area contributed by atoms with Crippen LogP contribution in [0, 0.1) is 12.8 Å². The number of benzene rings is 1. The number of carbonyl (C=O) groups is 1. The number of ether oxygens (including phenoxy) is 1. The van der Waals surface area contributed by atoms with Crippen LogP contribution < -0.4 is 0 Å². The second-order valence-electron chi connectivity index (χ2n) is 6.82. The number of nitrogens with zero attached hydrogens (tertiary/aromatic N) is 2. The van der Waals surface area contributed by atoms with E-state index in [1.54, 1.807) is 0 Å². The average Bonchev–Trinajstić information content (AvgIpc) is 3.04. The molecular formula is C20H26N2O3. The Labute approximate surface area is 148 Å². The number of likely N-dealkylation sites (tertiary alicyclic amines) is 1. The highest BCUT2D eigenvalue weighted by Crippen LogP contribution is 2.27. The van der Waals surface area contributed by atoms with Crippen molar-refractivity contribution in [1.82, 2.24) is 9.88 Å². The quantitative estimate of drug-likeness (QED) is 0.847. The van der Waals surface area contributed by atoms with E-state index in [-0.39, 0.29) is 18.0 Å². The van der Waals surface area contributed by atoms with Crippen LogP contribution in [0.2, 0.25) is 0 Å². The normalized spacial score (nSPS) is 19.3. The molecule has 0 saturated carbocycles. The van der Waals surface area contributed by atoms with Crippen LogP contribution in [-0.4, -0.2) is 46.8 Å². The molecule has 2 unspecified atom stereocenters. The third kappa shape index (κ3) is 3.67. The Hall–Kier alpha value is -1.98. The molecule has 3 rings (SSSR count). The number of hydrogen-bond acceptors (Lipinski definition) is 5. The molecule has 5 nitrogen and oxygen atoms in total. The number of aryl methyl sites for hydroxylation is 1. The zero-order valence-corrected chi connectivity index (χ0v) is 15.2. The maximum atomic E-state index is 12.6. The van der Waals surface area contributed by atoms with E-state index in [9.17, 15) is 9.90 Å². The van der Waals surface area contributed by atoms with Gasteiger partial charge in [0, 0.05) is 18.5 Å². The van der Waals surface area contributed by atoms with Gasteiger partial charge in [-0.25, -0.2) is 4.79 Å². The number of hydrogen-bond donors (Lipinski definition) is 1. The monoisotopic (exact) mass is 342 g/mol. The number of pyridine rings is 1. The first kappa shape index (κ1) is 17.8. The molecule has 1 aromatic heterocycles. The van der Waals surface area contributed by atoms with Crippen LogP contribution in [0.15, 0.2) is 24.3 Å². The Morgan fingerprint density at radius 3 is 2.88 bits per heavy atom. The van der Waals surface area contributed by atoms with E-state index >= 15 is 0 Å². The summed E-state index contributed by atoms with van der Waals surface area (Å²) in [6.45, 7) is 8.30. The highest BCUT2D eigenvalue weighted by molar-refractivity contribution is 5.98. The Bertz CT molecular complexity index is 773. The van der Waals surface area contributed by atoms with Gasteiger partial charge in [0.15, 0.2) is 0 Å². The lowest BCUT2D eigenvalue weighted by Gasteiger charge is -2.20. The maximum Gasteiger partial charge on any atom is 0.340 e. The molecule has 134 valence electrons. The van der Waals surface area contributed by atoms with Gasteiger partial charge in [-0.1, -0.05) is 18.2 Å². The molecule has 1 aliphatic heterocycles. The number of esters is 1. The van der Waals surface area contributed by atoms with E-state index < -0.39 is 0 Å². The first-order valence-electron chi connectivity index (χ1n) is 8.97. The van der Waals surface area contributed by atoms with E-state index in [2.05, 4.69) is 4.90 Å². The van der Waals surface area contributed by atoms with Crippen molar-refractivity contribution in [3.05, 3.63) is 41.1 Å². The first-order valence-corrected chi connectivity index (χ1v) is 8.97. The van der Waals surface area contributed by atoms with Crippen LogP contribution in [-0.2, 0) is 11.3 Å². The topological polar surface area (TPSA) is 62.7 Å². The zero-order valence-electron chi connectivity index (χ0n) is 15.2. The van der Waals surface area contributed by atoms with Crippen LogP contribution in [0.5, 0.6) is 0 Å². The van der Waals surface area contributed by atoms with E-state index in [1.807, 2.05) is 45.0 Å². The predicted molar refractivity (Wildman–Crippen MR) is 97.5 cm³/mol. The summed E-state index contributed by atoms with van der Waals surface area (Å²) in [6.07, 6.45) is 0.666. The van der Waals surface area contributed by atoms with Crippen LogP contribution >= 0.6 is 0 Å². The van der Waals surface area contributed by atoms with Crippen molar-refractivity contribution in [2.24, 2.45) is 5.92 Å². The second kappa shape index (κ2) is 7.50. The molecule has 5 heteroatoms. The number of rotatable bonds is 5. The maximum absolute atomic E-state index is 12.6. The smallest absolute Gasteiger partial charge is 0.340 e. The second-order valence-corrected chi connectivity index (χ2v) is 6.82. The fraction of sp³-hybridized carbons (Fsp3) is 0.500. The Morgan fingerprint density at radius 2 is 2.20 bits per heavy atom. The number of fused-ring (bicyclic) bond motifs is 1. The van der Waals surface area contributed by atoms with Crippen LogP contribution in [0.3, 0.4) is 0 Å². The standard InChI is InChI=1S/C20H26N2O3/c1-4-25-20(24)19-13(2)16-7-5-6-8-17(16)21-18(19)12-22-10-9-15(11-22)14(3)23/h5-8,14-15,23H,4,9-12H2,1-3H3. The molecule has 0 bridgehead atoms. The van der Waals surface area contributed by atoms with Gasteiger partial charge >= 0.3 is 5.97 Å². The van der Waals surface area contributed by atoms with Gasteiger partial charge < -0.3 is 9.84 Å². The van der Waals surface area contributed by atoms with Gasteiger partial charge in [0.2, 0.25) is 0 Å². The van der Waals surface area contributed by atoms with Crippen LogP contribution in [0.1, 0.15) is 41.9 Å². The van der Waals surface area contributed by atoms with Crippen molar-refractivity contribution < 1.29 is 14.6 Å². The van der Waals surface area contributed by atoms with Gasteiger partial charge in [-0.05, 0) is 51.3 Å². The summed E-state index contributed by atoms with van der Waals surface area (Å²) in [6, 6.07) is 7.88. The van der Waals surface area contributed by atoms with Gasteiger partial charge in [0.25, 0.3) is 0 Å². The number of aliphatic hydroxyl groups excluding tert-OH is 1. The van der Waals surface area contributed by atoms with E-state index in [0.29, 0.717) is 18.7 Å². The largest absolute Gasteiger partial charge is 0.462 e. The van der Waals surface area contributed by atoms with Crippen molar-refractivity contribution in [2.75, 3.05) is 19.7 Å². The zero-order chi connectivity index (χ0) is 18.0. The molecule has 1 aromatic carbocycles. The van der Waals surface area contributed by atoms with Crippen LogP contribution in [0.4, 0.5) is 0 Å². The molecule has 1 saturated heterocycles. The molecule has 0 aliphatic carbocycles. The summed E-state index contributed by atoms with van der Waals surface area (Å²) < 4.78 is 5.28. The number of para-hydroxylation sites is 1. The third-order valence-electron chi connectivity index (χ3n) is 5.07.